The summed E-state index contributed by atoms with van der Waals surface area (Å²) >= 11 is 0. The van der Waals surface area contributed by atoms with Crippen molar-refractivity contribution < 1.29 is 28.2 Å². The largest absolute Gasteiger partial charge is 0.486 e. The summed E-state index contributed by atoms with van der Waals surface area (Å²) in [7, 11) is 0. The maximum atomic E-state index is 12.8. The summed E-state index contributed by atoms with van der Waals surface area (Å²) in [6.07, 6.45) is 0.0296. The molecule has 0 aromatic heterocycles. The van der Waals surface area contributed by atoms with E-state index < -0.39 is 11.9 Å². The second-order valence-corrected chi connectivity index (χ2v) is 5.72. The van der Waals surface area contributed by atoms with Crippen molar-refractivity contribution >= 4 is 11.9 Å². The zero-order valence-corrected chi connectivity index (χ0v) is 14.0. The van der Waals surface area contributed by atoms with Crippen molar-refractivity contribution in [3.63, 3.8) is 0 Å². The Morgan fingerprint density at radius 2 is 1.69 bits per heavy atom. The van der Waals surface area contributed by atoms with Gasteiger partial charge in [-0.2, -0.15) is 0 Å². The first-order chi connectivity index (χ1) is 12.6. The normalized spacial score (nSPS) is 12.3. The van der Waals surface area contributed by atoms with E-state index in [0.717, 1.165) is 5.56 Å². The average Bonchev–Trinajstić information content (AvgIpc) is 2.66. The van der Waals surface area contributed by atoms with E-state index in [4.69, 9.17) is 14.2 Å². The maximum Gasteiger partial charge on any atom is 0.310 e. The Bertz CT molecular complexity index is 791. The summed E-state index contributed by atoms with van der Waals surface area (Å²) in [5, 5.41) is 2.60. The molecule has 7 heteroatoms. The third kappa shape index (κ3) is 4.95. The highest BCUT2D eigenvalue weighted by Crippen LogP contribution is 2.30. The average molecular weight is 359 g/mol. The molecular weight excluding hydrogens is 341 g/mol. The lowest BCUT2D eigenvalue weighted by Gasteiger charge is -2.18. The molecule has 1 N–H and O–H groups in total. The molecule has 136 valence electrons. The quantitative estimate of drug-likeness (QED) is 0.799. The van der Waals surface area contributed by atoms with E-state index in [9.17, 15) is 14.0 Å². The van der Waals surface area contributed by atoms with Gasteiger partial charge in [0.1, 0.15) is 19.0 Å². The van der Waals surface area contributed by atoms with Gasteiger partial charge < -0.3 is 19.5 Å². The lowest BCUT2D eigenvalue weighted by atomic mass is 10.1. The fourth-order valence-electron chi connectivity index (χ4n) is 2.42. The number of carbonyl (C=O) groups excluding carboxylic acids is 2. The molecule has 2 aromatic rings. The molecule has 0 saturated carbocycles. The van der Waals surface area contributed by atoms with Crippen molar-refractivity contribution in [2.24, 2.45) is 0 Å². The van der Waals surface area contributed by atoms with Gasteiger partial charge in [-0.25, -0.2) is 4.39 Å². The standard InChI is InChI=1S/C19H18FNO5/c20-15-4-1-13(2-5-15)11-21-18(22)12-26-19(23)10-14-3-6-16-17(9-14)25-8-7-24-16/h1-6,9H,7-8,10-12H2,(H,21,22). The molecule has 1 aliphatic heterocycles. The number of nitrogens with one attached hydrogen (secondary N) is 1. The number of carbonyl (C=O) groups is 2. The molecule has 2 aromatic carbocycles. The molecule has 0 saturated heterocycles. The molecule has 1 amide bonds. The fourth-order valence-corrected chi connectivity index (χ4v) is 2.42. The van der Waals surface area contributed by atoms with E-state index in [1.165, 1.54) is 12.1 Å². The van der Waals surface area contributed by atoms with E-state index in [1.54, 1.807) is 30.3 Å². The zero-order valence-electron chi connectivity index (χ0n) is 14.0. The number of halogens is 1. The first-order valence-electron chi connectivity index (χ1n) is 8.15. The van der Waals surface area contributed by atoms with Crippen molar-refractivity contribution in [1.82, 2.24) is 5.32 Å². The molecule has 0 aliphatic carbocycles. The molecule has 0 bridgehead atoms. The van der Waals surface area contributed by atoms with Crippen LogP contribution in [-0.4, -0.2) is 31.7 Å². The SMILES string of the molecule is O=C(COC(=O)Cc1ccc2c(c1)OCCO2)NCc1ccc(F)cc1. The Labute approximate surface area is 149 Å². The number of esters is 1. The third-order valence-electron chi connectivity index (χ3n) is 3.72. The number of hydrogen-bond acceptors (Lipinski definition) is 5. The van der Waals surface area contributed by atoms with Gasteiger partial charge in [-0.15, -0.1) is 0 Å². The molecule has 1 aliphatic rings. The Hall–Kier alpha value is -3.09. The van der Waals surface area contributed by atoms with Crippen LogP contribution in [0.4, 0.5) is 4.39 Å². The smallest absolute Gasteiger partial charge is 0.310 e. The van der Waals surface area contributed by atoms with Crippen molar-refractivity contribution in [2.45, 2.75) is 13.0 Å². The number of ether oxygens (including phenoxy) is 3. The minimum absolute atomic E-state index is 0.0296. The van der Waals surface area contributed by atoms with Crippen molar-refractivity contribution in [1.29, 1.82) is 0 Å². The summed E-state index contributed by atoms with van der Waals surface area (Å²) in [5.41, 5.74) is 1.47. The van der Waals surface area contributed by atoms with E-state index in [2.05, 4.69) is 5.32 Å². The predicted molar refractivity (Wildman–Crippen MR) is 90.3 cm³/mol. The molecule has 26 heavy (non-hydrogen) atoms. The maximum absolute atomic E-state index is 12.8. The van der Waals surface area contributed by atoms with E-state index in [0.29, 0.717) is 30.3 Å². The molecule has 3 rings (SSSR count). The van der Waals surface area contributed by atoms with Crippen LogP contribution in [0.3, 0.4) is 0 Å². The van der Waals surface area contributed by atoms with Gasteiger partial charge in [0.05, 0.1) is 6.42 Å². The summed E-state index contributed by atoms with van der Waals surface area (Å²) in [4.78, 5) is 23.6. The molecule has 1 heterocycles. The Morgan fingerprint density at radius 3 is 2.46 bits per heavy atom. The predicted octanol–water partition coefficient (Wildman–Crippen LogP) is 2.00. The topological polar surface area (TPSA) is 73.9 Å². The van der Waals surface area contributed by atoms with E-state index >= 15 is 0 Å². The summed E-state index contributed by atoms with van der Waals surface area (Å²) in [6, 6.07) is 11.0. The van der Waals surface area contributed by atoms with Crippen LogP contribution in [0.5, 0.6) is 11.5 Å². The van der Waals surface area contributed by atoms with Crippen LogP contribution in [0, 0.1) is 5.82 Å². The van der Waals surface area contributed by atoms with Gasteiger partial charge in [0.15, 0.2) is 18.1 Å². The van der Waals surface area contributed by atoms with Crippen LogP contribution in [-0.2, 0) is 27.3 Å². The highest BCUT2D eigenvalue weighted by molar-refractivity contribution is 5.81. The summed E-state index contributed by atoms with van der Waals surface area (Å²) in [6.45, 7) is 0.833. The second kappa shape index (κ2) is 8.33. The Morgan fingerprint density at radius 1 is 1.00 bits per heavy atom. The Balaban J connectivity index is 1.42. The minimum atomic E-state index is -0.515. The monoisotopic (exact) mass is 359 g/mol. The molecule has 0 unspecified atom stereocenters. The third-order valence-corrected chi connectivity index (χ3v) is 3.72. The summed E-state index contributed by atoms with van der Waals surface area (Å²) < 4.78 is 28.7. The molecule has 0 atom stereocenters. The van der Waals surface area contributed by atoms with E-state index in [1.807, 2.05) is 0 Å². The second-order valence-electron chi connectivity index (χ2n) is 5.72. The molecule has 0 fully saturated rings. The zero-order chi connectivity index (χ0) is 18.4. The first-order valence-corrected chi connectivity index (χ1v) is 8.15. The molecule has 6 nitrogen and oxygen atoms in total. The number of fused-ring (bicyclic) bond motifs is 1. The van der Waals surface area contributed by atoms with Gasteiger partial charge in [-0.05, 0) is 35.4 Å². The first kappa shape index (κ1) is 17.7. The van der Waals surface area contributed by atoms with Gasteiger partial charge in [0, 0.05) is 6.54 Å². The van der Waals surface area contributed by atoms with Gasteiger partial charge in [0.2, 0.25) is 0 Å². The van der Waals surface area contributed by atoms with Gasteiger partial charge in [-0.3, -0.25) is 9.59 Å². The van der Waals surface area contributed by atoms with Gasteiger partial charge >= 0.3 is 5.97 Å². The highest BCUT2D eigenvalue weighted by Gasteiger charge is 2.14. The van der Waals surface area contributed by atoms with Crippen LogP contribution in [0.15, 0.2) is 42.5 Å². The van der Waals surface area contributed by atoms with Crippen LogP contribution in [0.2, 0.25) is 0 Å². The van der Waals surface area contributed by atoms with Crippen LogP contribution < -0.4 is 14.8 Å². The molecular formula is C19H18FNO5. The number of benzene rings is 2. The van der Waals surface area contributed by atoms with E-state index in [-0.39, 0.29) is 25.4 Å². The Kier molecular flexibility index (Phi) is 5.68. The number of amides is 1. The van der Waals surface area contributed by atoms with Gasteiger partial charge in [-0.1, -0.05) is 18.2 Å². The lowest BCUT2D eigenvalue weighted by Crippen LogP contribution is -2.28. The molecule has 0 radical (unpaired) electrons. The van der Waals surface area contributed by atoms with Crippen molar-refractivity contribution in [3.8, 4) is 11.5 Å². The van der Waals surface area contributed by atoms with Crippen LogP contribution >= 0.6 is 0 Å². The number of hydrogen-bond donors (Lipinski definition) is 1. The summed E-state index contributed by atoms with van der Waals surface area (Å²) in [5.74, 6) is -0.0382. The van der Waals surface area contributed by atoms with Crippen molar-refractivity contribution in [2.75, 3.05) is 19.8 Å². The lowest BCUT2D eigenvalue weighted by molar-refractivity contribution is -0.147. The minimum Gasteiger partial charge on any atom is -0.486 e. The van der Waals surface area contributed by atoms with Crippen LogP contribution in [0.1, 0.15) is 11.1 Å². The number of rotatable bonds is 6. The fraction of sp³-hybridized carbons (Fsp3) is 0.263. The van der Waals surface area contributed by atoms with Gasteiger partial charge in [0.25, 0.3) is 5.91 Å². The molecule has 0 spiro atoms. The van der Waals surface area contributed by atoms with Crippen LogP contribution in [0.25, 0.3) is 0 Å². The highest BCUT2D eigenvalue weighted by atomic mass is 19.1. The van der Waals surface area contributed by atoms with Crippen molar-refractivity contribution in [3.05, 3.63) is 59.4 Å².